The van der Waals surface area contributed by atoms with Crippen LogP contribution in [-0.2, 0) is 0 Å². The zero-order valence-electron chi connectivity index (χ0n) is 15.6. The number of rotatable bonds is 2. The minimum atomic E-state index is -0.293. The molecule has 0 N–H and O–H groups in total. The Balaban J connectivity index is 1.48. The van der Waals surface area contributed by atoms with Gasteiger partial charge in [0, 0.05) is 38.8 Å². The molecular formula is C22H24FN3O. The van der Waals surface area contributed by atoms with Crippen molar-refractivity contribution < 1.29 is 9.13 Å². The molecule has 0 atom stereocenters. The standard InChI is InChI=1S/C22H24FN3O/c1-15-2-7-19-21(12-15)27-20-13-17(23)5-6-18(20)22(24-19)26-10-8-25(9-11-26)14-16-3-4-16/h2,5-7,12-13,16H,3-4,8-11,14H2,1H3. The fourth-order valence-electron chi connectivity index (χ4n) is 3.90. The number of nitrogens with zero attached hydrogens (tertiary/aromatic N) is 3. The Bertz CT molecular complexity index is 898. The Labute approximate surface area is 159 Å². The molecule has 0 amide bonds. The first-order valence-corrected chi connectivity index (χ1v) is 9.80. The van der Waals surface area contributed by atoms with Crippen LogP contribution in [0.1, 0.15) is 24.0 Å². The molecule has 1 saturated carbocycles. The van der Waals surface area contributed by atoms with Crippen LogP contribution in [0.5, 0.6) is 11.5 Å². The van der Waals surface area contributed by atoms with Gasteiger partial charge in [-0.1, -0.05) is 6.07 Å². The number of amidine groups is 1. The van der Waals surface area contributed by atoms with E-state index in [1.807, 2.05) is 25.1 Å². The van der Waals surface area contributed by atoms with Gasteiger partial charge in [-0.3, -0.25) is 4.90 Å². The first kappa shape index (κ1) is 16.8. The van der Waals surface area contributed by atoms with E-state index in [1.165, 1.54) is 31.5 Å². The maximum atomic E-state index is 13.9. The molecule has 2 aliphatic heterocycles. The minimum Gasteiger partial charge on any atom is -0.454 e. The van der Waals surface area contributed by atoms with E-state index in [0.717, 1.165) is 54.7 Å². The lowest BCUT2D eigenvalue weighted by atomic mass is 10.1. The number of aliphatic imine (C=N–C) groups is 1. The molecule has 0 aromatic heterocycles. The molecule has 1 saturated heterocycles. The summed E-state index contributed by atoms with van der Waals surface area (Å²) in [4.78, 5) is 9.83. The van der Waals surface area contributed by atoms with Crippen LogP contribution < -0.4 is 4.74 Å². The Kier molecular flexibility index (Phi) is 4.12. The predicted molar refractivity (Wildman–Crippen MR) is 105 cm³/mol. The first-order valence-electron chi connectivity index (χ1n) is 9.80. The maximum absolute atomic E-state index is 13.9. The SMILES string of the molecule is Cc1ccc2c(c1)Oc1cc(F)ccc1C(N1CCN(CC3CC3)CC1)=N2. The molecular weight excluding hydrogens is 341 g/mol. The number of halogens is 1. The average Bonchev–Trinajstić information content (AvgIpc) is 3.48. The van der Waals surface area contributed by atoms with E-state index in [4.69, 9.17) is 9.73 Å². The van der Waals surface area contributed by atoms with Gasteiger partial charge in [-0.2, -0.15) is 0 Å². The van der Waals surface area contributed by atoms with Gasteiger partial charge in [-0.15, -0.1) is 0 Å². The van der Waals surface area contributed by atoms with Crippen molar-refractivity contribution in [3.8, 4) is 11.5 Å². The summed E-state index contributed by atoms with van der Waals surface area (Å²) in [6.07, 6.45) is 2.78. The lowest BCUT2D eigenvalue weighted by molar-refractivity contribution is 0.176. The average molecular weight is 365 g/mol. The van der Waals surface area contributed by atoms with E-state index in [0.29, 0.717) is 11.5 Å². The molecule has 5 heteroatoms. The van der Waals surface area contributed by atoms with Gasteiger partial charge < -0.3 is 9.64 Å². The van der Waals surface area contributed by atoms with Crippen LogP contribution in [0.25, 0.3) is 0 Å². The Morgan fingerprint density at radius 3 is 2.63 bits per heavy atom. The number of ether oxygens (including phenoxy) is 1. The number of benzene rings is 2. The molecule has 0 radical (unpaired) electrons. The van der Waals surface area contributed by atoms with Gasteiger partial charge >= 0.3 is 0 Å². The second-order valence-electron chi connectivity index (χ2n) is 7.88. The fourth-order valence-corrected chi connectivity index (χ4v) is 3.90. The van der Waals surface area contributed by atoms with Crippen molar-refractivity contribution in [2.24, 2.45) is 10.9 Å². The summed E-state index contributed by atoms with van der Waals surface area (Å²) in [5.41, 5.74) is 2.76. The highest BCUT2D eigenvalue weighted by atomic mass is 19.1. The lowest BCUT2D eigenvalue weighted by Crippen LogP contribution is -2.49. The second-order valence-corrected chi connectivity index (χ2v) is 7.88. The zero-order chi connectivity index (χ0) is 18.4. The molecule has 0 spiro atoms. The highest BCUT2D eigenvalue weighted by Crippen LogP contribution is 2.39. The summed E-state index contributed by atoms with van der Waals surface area (Å²) >= 11 is 0. The molecule has 140 valence electrons. The van der Waals surface area contributed by atoms with E-state index in [1.54, 1.807) is 6.07 Å². The van der Waals surface area contributed by atoms with Crippen molar-refractivity contribution in [1.29, 1.82) is 0 Å². The predicted octanol–water partition coefficient (Wildman–Crippen LogP) is 4.35. The van der Waals surface area contributed by atoms with Gasteiger partial charge in [0.1, 0.15) is 23.1 Å². The third kappa shape index (κ3) is 3.44. The maximum Gasteiger partial charge on any atom is 0.153 e. The highest BCUT2D eigenvalue weighted by molar-refractivity contribution is 6.03. The molecule has 5 rings (SSSR count). The molecule has 3 aliphatic rings. The molecule has 2 aromatic rings. The van der Waals surface area contributed by atoms with Gasteiger partial charge in [0.2, 0.25) is 0 Å². The molecule has 0 bridgehead atoms. The van der Waals surface area contributed by atoms with E-state index >= 15 is 0 Å². The van der Waals surface area contributed by atoms with Crippen LogP contribution >= 0.6 is 0 Å². The van der Waals surface area contributed by atoms with Crippen LogP contribution in [0.2, 0.25) is 0 Å². The van der Waals surface area contributed by atoms with Crippen molar-refractivity contribution in [2.75, 3.05) is 32.7 Å². The molecule has 2 heterocycles. The summed E-state index contributed by atoms with van der Waals surface area (Å²) in [5, 5.41) is 0. The van der Waals surface area contributed by atoms with E-state index in [9.17, 15) is 4.39 Å². The molecule has 0 unspecified atom stereocenters. The minimum absolute atomic E-state index is 0.293. The van der Waals surface area contributed by atoms with Crippen LogP contribution in [-0.4, -0.2) is 48.4 Å². The quantitative estimate of drug-likeness (QED) is 0.792. The second kappa shape index (κ2) is 6.64. The third-order valence-corrected chi connectivity index (χ3v) is 5.63. The van der Waals surface area contributed by atoms with Gasteiger partial charge in [0.15, 0.2) is 5.75 Å². The van der Waals surface area contributed by atoms with E-state index < -0.39 is 0 Å². The molecule has 27 heavy (non-hydrogen) atoms. The Morgan fingerprint density at radius 2 is 1.85 bits per heavy atom. The van der Waals surface area contributed by atoms with Crippen molar-refractivity contribution >= 4 is 11.5 Å². The molecule has 4 nitrogen and oxygen atoms in total. The van der Waals surface area contributed by atoms with Crippen molar-refractivity contribution in [3.63, 3.8) is 0 Å². The monoisotopic (exact) mass is 365 g/mol. The van der Waals surface area contributed by atoms with Gasteiger partial charge in [0.25, 0.3) is 0 Å². The summed E-state index contributed by atoms with van der Waals surface area (Å²) in [6.45, 7) is 7.21. The number of hydrogen-bond donors (Lipinski definition) is 0. The van der Waals surface area contributed by atoms with Crippen LogP contribution in [0.3, 0.4) is 0 Å². The summed E-state index contributed by atoms with van der Waals surface area (Å²) in [5.74, 6) is 2.74. The lowest BCUT2D eigenvalue weighted by Gasteiger charge is -2.36. The summed E-state index contributed by atoms with van der Waals surface area (Å²) < 4.78 is 20.0. The van der Waals surface area contributed by atoms with Crippen molar-refractivity contribution in [1.82, 2.24) is 9.80 Å². The first-order chi connectivity index (χ1) is 13.2. The summed E-state index contributed by atoms with van der Waals surface area (Å²) in [6, 6.07) is 10.7. The molecule has 2 aromatic carbocycles. The van der Waals surface area contributed by atoms with E-state index in [2.05, 4.69) is 9.80 Å². The van der Waals surface area contributed by atoms with Crippen molar-refractivity contribution in [2.45, 2.75) is 19.8 Å². The summed E-state index contributed by atoms with van der Waals surface area (Å²) in [7, 11) is 0. The number of piperazine rings is 1. The molecule has 2 fully saturated rings. The third-order valence-electron chi connectivity index (χ3n) is 5.63. The number of fused-ring (bicyclic) bond motifs is 2. The van der Waals surface area contributed by atoms with Crippen LogP contribution in [0, 0.1) is 18.7 Å². The van der Waals surface area contributed by atoms with Gasteiger partial charge in [0.05, 0.1) is 5.56 Å². The Morgan fingerprint density at radius 1 is 1.04 bits per heavy atom. The smallest absolute Gasteiger partial charge is 0.153 e. The number of hydrogen-bond acceptors (Lipinski definition) is 4. The normalized spacial score (nSPS) is 19.6. The van der Waals surface area contributed by atoms with E-state index in [-0.39, 0.29) is 5.82 Å². The largest absolute Gasteiger partial charge is 0.454 e. The fraction of sp³-hybridized carbons (Fsp3) is 0.409. The topological polar surface area (TPSA) is 28.1 Å². The Hall–Kier alpha value is -2.40. The highest BCUT2D eigenvalue weighted by Gasteiger charge is 2.29. The van der Waals surface area contributed by atoms with Gasteiger partial charge in [-0.05, 0) is 55.5 Å². The van der Waals surface area contributed by atoms with Crippen molar-refractivity contribution in [3.05, 3.63) is 53.3 Å². The van der Waals surface area contributed by atoms with Crippen LogP contribution in [0.4, 0.5) is 10.1 Å². The number of aryl methyl sites for hydroxylation is 1. The zero-order valence-corrected chi connectivity index (χ0v) is 15.6. The van der Waals surface area contributed by atoms with Gasteiger partial charge in [-0.25, -0.2) is 9.38 Å². The van der Waals surface area contributed by atoms with Crippen LogP contribution in [0.15, 0.2) is 41.4 Å². The molecule has 1 aliphatic carbocycles.